The van der Waals surface area contributed by atoms with Gasteiger partial charge < -0.3 is 0 Å². The molecule has 27 heavy (non-hydrogen) atoms. The minimum atomic E-state index is 0.794. The van der Waals surface area contributed by atoms with E-state index in [0.29, 0.717) is 0 Å². The highest BCUT2D eigenvalue weighted by atomic mass is 79.9. The molecule has 7 heteroatoms. The van der Waals surface area contributed by atoms with E-state index in [9.17, 15) is 0 Å². The molecule has 3 aromatic heterocycles. The fourth-order valence-electron chi connectivity index (χ4n) is 3.12. The van der Waals surface area contributed by atoms with Gasteiger partial charge in [-0.3, -0.25) is 0 Å². The van der Waals surface area contributed by atoms with E-state index in [1.165, 1.54) is 0 Å². The maximum atomic E-state index is 4.87. The standard InChI is InChI=1S/C20H14BrN5S/c1-2-18-23-24-20-26(18)25-19(27-20)15-11-17(12-6-4-3-5-7-12)22-16-9-8-13(21)10-14(15)16/h3-11H,2H2,1H3. The van der Waals surface area contributed by atoms with E-state index in [2.05, 4.69) is 57.3 Å². The van der Waals surface area contributed by atoms with Crippen LogP contribution in [0, 0.1) is 0 Å². The van der Waals surface area contributed by atoms with Gasteiger partial charge in [-0.2, -0.15) is 9.61 Å². The molecule has 3 heterocycles. The van der Waals surface area contributed by atoms with E-state index >= 15 is 0 Å². The fourth-order valence-corrected chi connectivity index (χ4v) is 4.37. The molecule has 0 N–H and O–H groups in total. The summed E-state index contributed by atoms with van der Waals surface area (Å²) in [4.78, 5) is 5.68. The van der Waals surface area contributed by atoms with Crippen molar-refractivity contribution in [1.82, 2.24) is 24.8 Å². The molecule has 0 atom stereocenters. The zero-order valence-corrected chi connectivity index (χ0v) is 16.8. The van der Waals surface area contributed by atoms with Crippen molar-refractivity contribution in [1.29, 1.82) is 0 Å². The predicted molar refractivity (Wildman–Crippen MR) is 112 cm³/mol. The Hall–Kier alpha value is -2.64. The molecule has 0 spiro atoms. The minimum absolute atomic E-state index is 0.794. The van der Waals surface area contributed by atoms with Gasteiger partial charge in [0.05, 0.1) is 11.2 Å². The number of hydrogen-bond acceptors (Lipinski definition) is 5. The van der Waals surface area contributed by atoms with Crippen LogP contribution in [-0.4, -0.2) is 24.8 Å². The van der Waals surface area contributed by atoms with Gasteiger partial charge in [0.25, 0.3) is 0 Å². The number of aryl methyl sites for hydroxylation is 1. The lowest BCUT2D eigenvalue weighted by Crippen LogP contribution is -1.94. The largest absolute Gasteiger partial charge is 0.248 e. The maximum Gasteiger partial charge on any atom is 0.234 e. The van der Waals surface area contributed by atoms with Gasteiger partial charge in [0.15, 0.2) is 5.82 Å². The van der Waals surface area contributed by atoms with E-state index in [4.69, 9.17) is 10.1 Å². The van der Waals surface area contributed by atoms with Crippen molar-refractivity contribution in [3.05, 3.63) is 64.9 Å². The molecular weight excluding hydrogens is 422 g/mol. The van der Waals surface area contributed by atoms with Crippen molar-refractivity contribution in [2.45, 2.75) is 13.3 Å². The molecule has 0 unspecified atom stereocenters. The Balaban J connectivity index is 1.80. The summed E-state index contributed by atoms with van der Waals surface area (Å²) in [6.45, 7) is 2.06. The molecule has 0 saturated heterocycles. The van der Waals surface area contributed by atoms with Crippen LogP contribution in [0.4, 0.5) is 0 Å². The Morgan fingerprint density at radius 1 is 1.04 bits per heavy atom. The van der Waals surface area contributed by atoms with Crippen LogP contribution in [-0.2, 0) is 6.42 Å². The van der Waals surface area contributed by atoms with Crippen LogP contribution in [0.2, 0.25) is 0 Å². The highest BCUT2D eigenvalue weighted by Crippen LogP contribution is 2.35. The van der Waals surface area contributed by atoms with Crippen LogP contribution in [0.25, 0.3) is 37.7 Å². The average Bonchev–Trinajstić information content (AvgIpc) is 3.28. The van der Waals surface area contributed by atoms with Crippen molar-refractivity contribution in [2.24, 2.45) is 0 Å². The second kappa shape index (κ2) is 6.51. The molecule has 5 aromatic rings. The second-order valence-corrected chi connectivity index (χ2v) is 8.03. The van der Waals surface area contributed by atoms with Crippen LogP contribution in [0.15, 0.2) is 59.1 Å². The zero-order valence-electron chi connectivity index (χ0n) is 14.4. The first-order valence-electron chi connectivity index (χ1n) is 8.60. The Bertz CT molecular complexity index is 1280. The van der Waals surface area contributed by atoms with Gasteiger partial charge in [0, 0.05) is 27.4 Å². The lowest BCUT2D eigenvalue weighted by atomic mass is 10.0. The molecule has 0 bridgehead atoms. The molecule has 5 nitrogen and oxygen atoms in total. The third-order valence-electron chi connectivity index (χ3n) is 4.44. The number of rotatable bonds is 3. The Labute approximate surface area is 167 Å². The van der Waals surface area contributed by atoms with E-state index in [-0.39, 0.29) is 0 Å². The van der Waals surface area contributed by atoms with E-state index in [0.717, 1.165) is 54.4 Å². The third-order valence-corrected chi connectivity index (χ3v) is 5.87. The van der Waals surface area contributed by atoms with E-state index < -0.39 is 0 Å². The Morgan fingerprint density at radius 2 is 1.89 bits per heavy atom. The molecule has 0 fully saturated rings. The SMILES string of the molecule is CCc1nnc2sc(-c3cc(-c4ccccc4)nc4ccc(Br)cc34)nn12. The third kappa shape index (κ3) is 2.83. The van der Waals surface area contributed by atoms with Crippen LogP contribution >= 0.6 is 27.3 Å². The van der Waals surface area contributed by atoms with Crippen LogP contribution in [0.3, 0.4) is 0 Å². The van der Waals surface area contributed by atoms with Crippen LogP contribution in [0.1, 0.15) is 12.7 Å². The average molecular weight is 436 g/mol. The summed E-state index contributed by atoms with van der Waals surface area (Å²) in [6.07, 6.45) is 0.794. The van der Waals surface area contributed by atoms with Crippen molar-refractivity contribution >= 4 is 43.1 Å². The summed E-state index contributed by atoms with van der Waals surface area (Å²) >= 11 is 5.13. The van der Waals surface area contributed by atoms with Crippen molar-refractivity contribution in [3.63, 3.8) is 0 Å². The summed E-state index contributed by atoms with van der Waals surface area (Å²) in [5.74, 6) is 0.871. The molecule has 0 aliphatic heterocycles. The lowest BCUT2D eigenvalue weighted by Gasteiger charge is -2.08. The molecule has 0 amide bonds. The second-order valence-electron chi connectivity index (χ2n) is 6.15. The molecule has 132 valence electrons. The summed E-state index contributed by atoms with van der Waals surface area (Å²) in [7, 11) is 0. The van der Waals surface area contributed by atoms with Gasteiger partial charge in [-0.25, -0.2) is 4.98 Å². The Kier molecular flexibility index (Phi) is 3.98. The van der Waals surface area contributed by atoms with Gasteiger partial charge >= 0.3 is 0 Å². The summed E-state index contributed by atoms with van der Waals surface area (Å²) in [5, 5.41) is 15.2. The molecule has 0 radical (unpaired) electrons. The van der Waals surface area contributed by atoms with Gasteiger partial charge in [-0.1, -0.05) is 64.5 Å². The molecule has 0 saturated carbocycles. The zero-order chi connectivity index (χ0) is 18.4. The topological polar surface area (TPSA) is 56.0 Å². The number of pyridine rings is 1. The normalized spacial score (nSPS) is 11.5. The van der Waals surface area contributed by atoms with Crippen molar-refractivity contribution in [2.75, 3.05) is 0 Å². The molecule has 5 rings (SSSR count). The number of nitrogens with zero attached hydrogens (tertiary/aromatic N) is 5. The van der Waals surface area contributed by atoms with Gasteiger partial charge in [-0.15, -0.1) is 10.2 Å². The van der Waals surface area contributed by atoms with Gasteiger partial charge in [0.2, 0.25) is 4.96 Å². The quantitative estimate of drug-likeness (QED) is 0.381. The van der Waals surface area contributed by atoms with Gasteiger partial charge in [0.1, 0.15) is 5.01 Å². The smallest absolute Gasteiger partial charge is 0.234 e. The summed E-state index contributed by atoms with van der Waals surface area (Å²) in [6, 6.07) is 18.5. The first-order chi connectivity index (χ1) is 13.2. The number of aromatic nitrogens is 5. The summed E-state index contributed by atoms with van der Waals surface area (Å²) in [5.41, 5.74) is 4.01. The van der Waals surface area contributed by atoms with Crippen molar-refractivity contribution < 1.29 is 0 Å². The first kappa shape index (κ1) is 16.5. The van der Waals surface area contributed by atoms with Gasteiger partial charge in [-0.05, 0) is 24.3 Å². The maximum absolute atomic E-state index is 4.87. The molecule has 0 aliphatic rings. The minimum Gasteiger partial charge on any atom is -0.248 e. The highest BCUT2D eigenvalue weighted by Gasteiger charge is 2.16. The highest BCUT2D eigenvalue weighted by molar-refractivity contribution is 9.10. The van der Waals surface area contributed by atoms with E-state index in [1.54, 1.807) is 11.3 Å². The fraction of sp³-hybridized carbons (Fsp3) is 0.100. The van der Waals surface area contributed by atoms with Crippen LogP contribution < -0.4 is 0 Å². The van der Waals surface area contributed by atoms with Crippen LogP contribution in [0.5, 0.6) is 0 Å². The molecule has 0 aliphatic carbocycles. The lowest BCUT2D eigenvalue weighted by molar-refractivity contribution is 0.838. The molecular formula is C20H14BrN5S. The molecule has 2 aromatic carbocycles. The number of fused-ring (bicyclic) bond motifs is 2. The Morgan fingerprint density at radius 3 is 2.70 bits per heavy atom. The number of benzene rings is 2. The number of hydrogen-bond donors (Lipinski definition) is 0. The first-order valence-corrected chi connectivity index (χ1v) is 10.2. The van der Waals surface area contributed by atoms with E-state index in [1.807, 2.05) is 34.8 Å². The van der Waals surface area contributed by atoms with Crippen molar-refractivity contribution in [3.8, 4) is 21.8 Å². The number of halogens is 1. The predicted octanol–water partition coefficient (Wildman–Crippen LogP) is 5.39. The monoisotopic (exact) mass is 435 g/mol. The summed E-state index contributed by atoms with van der Waals surface area (Å²) < 4.78 is 2.86.